The summed E-state index contributed by atoms with van der Waals surface area (Å²) in [6, 6.07) is 8.35. The van der Waals surface area contributed by atoms with Crippen LogP contribution in [0.4, 0.5) is 5.69 Å². The highest BCUT2D eigenvalue weighted by Crippen LogP contribution is 2.43. The number of fused-ring (bicyclic) bond motifs is 2. The molecule has 1 fully saturated rings. The predicted octanol–water partition coefficient (Wildman–Crippen LogP) is 3.80. The van der Waals surface area contributed by atoms with Crippen molar-refractivity contribution in [3.05, 3.63) is 40.3 Å². The van der Waals surface area contributed by atoms with Crippen LogP contribution in [0.25, 0.3) is 0 Å². The second-order valence-electron chi connectivity index (χ2n) is 6.31. The summed E-state index contributed by atoms with van der Waals surface area (Å²) in [4.78, 5) is 11.1. The number of likely N-dealkylation sites (N-methyl/N-ethyl adjacent to an activating group) is 1. The summed E-state index contributed by atoms with van der Waals surface area (Å²) in [5.74, 6) is 1.92. The van der Waals surface area contributed by atoms with Crippen LogP contribution in [0.5, 0.6) is 10.8 Å². The van der Waals surface area contributed by atoms with Gasteiger partial charge in [0.15, 0.2) is 10.8 Å². The number of aryl methyl sites for hydroxylation is 2. The molecule has 5 heteroatoms. The number of amidine groups is 1. The monoisotopic (exact) mass is 327 g/mol. The van der Waals surface area contributed by atoms with Crippen LogP contribution in [0.3, 0.4) is 0 Å². The maximum absolute atomic E-state index is 6.21. The average molecular weight is 327 g/mol. The average Bonchev–Trinajstić information content (AvgIpc) is 2.81. The number of rotatable bonds is 0. The molecule has 0 N–H and O–H groups in total. The number of para-hydroxylation sites is 1. The smallest absolute Gasteiger partial charge is 0.192 e. The van der Waals surface area contributed by atoms with Gasteiger partial charge in [0.05, 0.1) is 5.56 Å². The largest absolute Gasteiger partial charge is 0.444 e. The number of ether oxygens (including phenoxy) is 1. The minimum absolute atomic E-state index is 0.859. The molecule has 0 atom stereocenters. The van der Waals surface area contributed by atoms with Crippen molar-refractivity contribution in [1.82, 2.24) is 9.80 Å². The van der Waals surface area contributed by atoms with Gasteiger partial charge in [0.2, 0.25) is 0 Å². The predicted molar refractivity (Wildman–Crippen MR) is 95.6 cm³/mol. The van der Waals surface area contributed by atoms with Gasteiger partial charge in [-0.05, 0) is 38.6 Å². The molecule has 1 saturated heterocycles. The first-order valence-electron chi connectivity index (χ1n) is 8.02. The first kappa shape index (κ1) is 14.7. The van der Waals surface area contributed by atoms with Crippen LogP contribution in [0.15, 0.2) is 29.3 Å². The molecule has 0 aliphatic carbocycles. The summed E-state index contributed by atoms with van der Waals surface area (Å²) in [6.45, 7) is 8.37. The number of hydrogen-bond donors (Lipinski definition) is 0. The van der Waals surface area contributed by atoms with Gasteiger partial charge in [0.1, 0.15) is 11.5 Å². The van der Waals surface area contributed by atoms with E-state index in [1.807, 2.05) is 12.1 Å². The first-order chi connectivity index (χ1) is 11.1. The highest BCUT2D eigenvalue weighted by molar-refractivity contribution is 7.14. The van der Waals surface area contributed by atoms with E-state index in [0.717, 1.165) is 59.6 Å². The summed E-state index contributed by atoms with van der Waals surface area (Å²) in [5.41, 5.74) is 3.25. The quantitative estimate of drug-likeness (QED) is 0.737. The van der Waals surface area contributed by atoms with E-state index < -0.39 is 0 Å². The Morgan fingerprint density at radius 1 is 1.13 bits per heavy atom. The molecule has 1 aromatic carbocycles. The molecule has 0 bridgehead atoms. The van der Waals surface area contributed by atoms with Crippen LogP contribution in [0, 0.1) is 13.8 Å². The standard InChI is InChI=1S/C18H21N3OS/c1-12-5-4-6-15-16(12)19-17(21-9-7-20(3)8-10-21)14-11-13(2)23-18(14)22-15/h4-6,11H,7-10H2,1-3H3. The summed E-state index contributed by atoms with van der Waals surface area (Å²) in [7, 11) is 2.18. The van der Waals surface area contributed by atoms with Crippen molar-refractivity contribution >= 4 is 22.9 Å². The van der Waals surface area contributed by atoms with E-state index in [2.05, 4.69) is 42.8 Å². The number of thiophene rings is 1. The van der Waals surface area contributed by atoms with E-state index in [-0.39, 0.29) is 0 Å². The van der Waals surface area contributed by atoms with Gasteiger partial charge < -0.3 is 14.5 Å². The summed E-state index contributed by atoms with van der Waals surface area (Å²) in [6.07, 6.45) is 0. The Labute approximate surface area is 141 Å². The molecule has 2 aromatic rings. The van der Waals surface area contributed by atoms with Gasteiger partial charge >= 0.3 is 0 Å². The molecule has 4 nitrogen and oxygen atoms in total. The lowest BCUT2D eigenvalue weighted by molar-refractivity contribution is 0.216. The summed E-state index contributed by atoms with van der Waals surface area (Å²) < 4.78 is 6.21. The maximum atomic E-state index is 6.21. The van der Waals surface area contributed by atoms with Gasteiger partial charge in [0, 0.05) is 31.1 Å². The third-order valence-electron chi connectivity index (χ3n) is 4.49. The molecule has 120 valence electrons. The fraction of sp³-hybridized carbons (Fsp3) is 0.389. The second-order valence-corrected chi connectivity index (χ2v) is 7.53. The molecule has 1 aromatic heterocycles. The van der Waals surface area contributed by atoms with Gasteiger partial charge in [-0.3, -0.25) is 0 Å². The zero-order valence-electron chi connectivity index (χ0n) is 13.8. The van der Waals surface area contributed by atoms with Gasteiger partial charge in [0.25, 0.3) is 0 Å². The molecule has 23 heavy (non-hydrogen) atoms. The molecule has 3 heterocycles. The number of nitrogens with zero attached hydrogens (tertiary/aromatic N) is 3. The van der Waals surface area contributed by atoms with Crippen molar-refractivity contribution in [3.63, 3.8) is 0 Å². The minimum Gasteiger partial charge on any atom is -0.444 e. The zero-order valence-corrected chi connectivity index (χ0v) is 14.6. The van der Waals surface area contributed by atoms with Crippen molar-refractivity contribution in [1.29, 1.82) is 0 Å². The number of piperazine rings is 1. The van der Waals surface area contributed by atoms with Crippen molar-refractivity contribution in [2.75, 3.05) is 33.2 Å². The SMILES string of the molecule is Cc1cc2c(s1)Oc1cccc(C)c1N=C2N1CCN(C)CC1. The van der Waals surface area contributed by atoms with Crippen molar-refractivity contribution in [2.45, 2.75) is 13.8 Å². The topological polar surface area (TPSA) is 28.1 Å². The Bertz CT molecular complexity index is 773. The Morgan fingerprint density at radius 2 is 1.91 bits per heavy atom. The Hall–Kier alpha value is -1.85. The van der Waals surface area contributed by atoms with Gasteiger partial charge in [-0.2, -0.15) is 0 Å². The van der Waals surface area contributed by atoms with E-state index in [1.165, 1.54) is 4.88 Å². The Kier molecular flexibility index (Phi) is 3.62. The van der Waals surface area contributed by atoms with E-state index in [1.54, 1.807) is 11.3 Å². The van der Waals surface area contributed by atoms with E-state index in [0.29, 0.717) is 0 Å². The molecule has 0 unspecified atom stereocenters. The van der Waals surface area contributed by atoms with Crippen LogP contribution in [-0.4, -0.2) is 48.9 Å². The number of aliphatic imine (C=N–C) groups is 1. The van der Waals surface area contributed by atoms with Crippen molar-refractivity contribution in [2.24, 2.45) is 4.99 Å². The first-order valence-corrected chi connectivity index (χ1v) is 8.84. The lowest BCUT2D eigenvalue weighted by Crippen LogP contribution is -2.47. The van der Waals surface area contributed by atoms with E-state index >= 15 is 0 Å². The molecule has 0 saturated carbocycles. The molecular weight excluding hydrogens is 306 g/mol. The third kappa shape index (κ3) is 2.64. The molecule has 0 radical (unpaired) electrons. The van der Waals surface area contributed by atoms with E-state index in [9.17, 15) is 0 Å². The van der Waals surface area contributed by atoms with Gasteiger partial charge in [-0.25, -0.2) is 4.99 Å². The van der Waals surface area contributed by atoms with Crippen LogP contribution < -0.4 is 4.74 Å². The number of benzene rings is 1. The third-order valence-corrected chi connectivity index (χ3v) is 5.41. The molecule has 0 amide bonds. The molecule has 0 spiro atoms. The zero-order chi connectivity index (χ0) is 16.0. The lowest BCUT2D eigenvalue weighted by atomic mass is 10.2. The fourth-order valence-electron chi connectivity index (χ4n) is 3.11. The number of hydrogen-bond acceptors (Lipinski definition) is 5. The van der Waals surface area contributed by atoms with Crippen LogP contribution in [0.2, 0.25) is 0 Å². The highest BCUT2D eigenvalue weighted by Gasteiger charge is 2.27. The van der Waals surface area contributed by atoms with Crippen LogP contribution in [0.1, 0.15) is 16.0 Å². The highest BCUT2D eigenvalue weighted by atomic mass is 32.1. The van der Waals surface area contributed by atoms with Crippen molar-refractivity contribution < 1.29 is 4.74 Å². The summed E-state index contributed by atoms with van der Waals surface area (Å²) in [5, 5.41) is 0.963. The normalized spacial score (nSPS) is 17.9. The second kappa shape index (κ2) is 5.65. The van der Waals surface area contributed by atoms with Gasteiger partial charge in [-0.15, -0.1) is 11.3 Å². The molecular formula is C18H21N3OS. The Balaban J connectivity index is 1.84. The maximum Gasteiger partial charge on any atom is 0.192 e. The molecule has 2 aliphatic heterocycles. The van der Waals surface area contributed by atoms with Crippen LogP contribution >= 0.6 is 11.3 Å². The molecule has 2 aliphatic rings. The van der Waals surface area contributed by atoms with Gasteiger partial charge in [-0.1, -0.05) is 12.1 Å². The molecule has 4 rings (SSSR count). The van der Waals surface area contributed by atoms with Crippen molar-refractivity contribution in [3.8, 4) is 10.8 Å². The Morgan fingerprint density at radius 3 is 2.70 bits per heavy atom. The van der Waals surface area contributed by atoms with E-state index in [4.69, 9.17) is 9.73 Å². The van der Waals surface area contributed by atoms with Crippen LogP contribution in [-0.2, 0) is 0 Å². The minimum atomic E-state index is 0.859. The summed E-state index contributed by atoms with van der Waals surface area (Å²) >= 11 is 1.70. The fourth-order valence-corrected chi connectivity index (χ4v) is 3.97. The lowest BCUT2D eigenvalue weighted by Gasteiger charge is -2.34.